The molecule has 18 heavy (non-hydrogen) atoms. The van der Waals surface area contributed by atoms with Crippen LogP contribution < -0.4 is 5.32 Å². The van der Waals surface area contributed by atoms with Crippen LogP contribution in [0.3, 0.4) is 0 Å². The largest absolute Gasteiger partial charge is 0.481 e. The van der Waals surface area contributed by atoms with Gasteiger partial charge in [-0.05, 0) is 31.1 Å². The highest BCUT2D eigenvalue weighted by molar-refractivity contribution is 7.13. The second kappa shape index (κ2) is 5.69. The van der Waals surface area contributed by atoms with Crippen molar-refractivity contribution in [2.45, 2.75) is 45.6 Å². The molecule has 1 saturated carbocycles. The van der Waals surface area contributed by atoms with Crippen molar-refractivity contribution in [2.75, 3.05) is 5.32 Å². The second-order valence-corrected chi connectivity index (χ2v) is 6.33. The van der Waals surface area contributed by atoms with Gasteiger partial charge in [-0.1, -0.05) is 13.8 Å². The van der Waals surface area contributed by atoms with E-state index in [1.54, 1.807) is 0 Å². The van der Waals surface area contributed by atoms with Crippen molar-refractivity contribution >= 4 is 22.4 Å². The van der Waals surface area contributed by atoms with Crippen LogP contribution in [-0.4, -0.2) is 22.1 Å². The quantitative estimate of drug-likeness (QED) is 0.881. The highest BCUT2D eigenvalue weighted by Gasteiger charge is 2.24. The number of rotatable bonds is 4. The third kappa shape index (κ3) is 3.70. The Morgan fingerprint density at radius 1 is 1.44 bits per heavy atom. The van der Waals surface area contributed by atoms with Crippen LogP contribution in [0.25, 0.3) is 0 Å². The number of carboxylic acid groups (broad SMARTS) is 1. The van der Waals surface area contributed by atoms with Gasteiger partial charge in [0.2, 0.25) is 0 Å². The van der Waals surface area contributed by atoms with Crippen LogP contribution in [0.5, 0.6) is 0 Å². The molecule has 2 N–H and O–H groups in total. The average molecular weight is 268 g/mol. The Hall–Kier alpha value is -1.10. The van der Waals surface area contributed by atoms with Crippen LogP contribution >= 0.6 is 11.3 Å². The van der Waals surface area contributed by atoms with E-state index in [4.69, 9.17) is 5.11 Å². The van der Waals surface area contributed by atoms with Gasteiger partial charge in [-0.3, -0.25) is 4.79 Å². The Balaban J connectivity index is 1.92. The molecule has 2 atom stereocenters. The van der Waals surface area contributed by atoms with Gasteiger partial charge in [0.25, 0.3) is 0 Å². The standard InChI is InChI=1S/C13H20N2O2S/c1-8-3-9(2)5-10(4-8)14-13-15-11(7-18-13)6-12(16)17/h7-10H,3-6H2,1-2H3,(H,14,15)(H,16,17). The molecule has 1 aromatic heterocycles. The maximum Gasteiger partial charge on any atom is 0.309 e. The zero-order chi connectivity index (χ0) is 13.1. The minimum absolute atomic E-state index is 0.00958. The fourth-order valence-corrected chi connectivity index (χ4v) is 3.64. The normalized spacial score (nSPS) is 28.0. The zero-order valence-corrected chi connectivity index (χ0v) is 11.7. The van der Waals surface area contributed by atoms with Crippen LogP contribution in [0.4, 0.5) is 5.13 Å². The molecule has 0 radical (unpaired) electrons. The van der Waals surface area contributed by atoms with Gasteiger partial charge in [0.1, 0.15) is 0 Å². The Labute approximate surface area is 111 Å². The molecule has 1 aliphatic carbocycles. The van der Waals surface area contributed by atoms with Gasteiger partial charge in [0.15, 0.2) is 5.13 Å². The van der Waals surface area contributed by atoms with E-state index in [1.165, 1.54) is 30.6 Å². The van der Waals surface area contributed by atoms with Gasteiger partial charge in [-0.15, -0.1) is 11.3 Å². The molecule has 0 aliphatic heterocycles. The number of carbonyl (C=O) groups is 1. The summed E-state index contributed by atoms with van der Waals surface area (Å²) in [6, 6.07) is 0.479. The van der Waals surface area contributed by atoms with Crippen molar-refractivity contribution in [3.63, 3.8) is 0 Å². The van der Waals surface area contributed by atoms with E-state index in [0.717, 1.165) is 17.0 Å². The Morgan fingerprint density at radius 3 is 2.72 bits per heavy atom. The molecular weight excluding hydrogens is 248 g/mol. The highest BCUT2D eigenvalue weighted by Crippen LogP contribution is 2.31. The van der Waals surface area contributed by atoms with Crippen LogP contribution in [-0.2, 0) is 11.2 Å². The fourth-order valence-electron chi connectivity index (χ4n) is 2.85. The summed E-state index contributed by atoms with van der Waals surface area (Å²) in [5.41, 5.74) is 0.645. The van der Waals surface area contributed by atoms with Crippen molar-refractivity contribution in [1.29, 1.82) is 0 Å². The molecule has 0 amide bonds. The molecule has 1 fully saturated rings. The summed E-state index contributed by atoms with van der Waals surface area (Å²) in [5.74, 6) is 0.682. The SMILES string of the molecule is CC1CC(C)CC(Nc2nc(CC(=O)O)cs2)C1. The van der Waals surface area contributed by atoms with E-state index in [1.807, 2.05) is 5.38 Å². The average Bonchev–Trinajstić information content (AvgIpc) is 2.62. The minimum atomic E-state index is -0.827. The van der Waals surface area contributed by atoms with Gasteiger partial charge < -0.3 is 10.4 Å². The predicted octanol–water partition coefficient (Wildman–Crippen LogP) is 3.01. The number of hydrogen-bond donors (Lipinski definition) is 2. The Morgan fingerprint density at radius 2 is 2.11 bits per heavy atom. The first-order chi connectivity index (χ1) is 8.52. The molecule has 4 nitrogen and oxygen atoms in total. The lowest BCUT2D eigenvalue weighted by Crippen LogP contribution is -2.30. The van der Waals surface area contributed by atoms with E-state index >= 15 is 0 Å². The number of carboxylic acids is 1. The van der Waals surface area contributed by atoms with Gasteiger partial charge in [0, 0.05) is 11.4 Å². The number of nitrogens with zero attached hydrogens (tertiary/aromatic N) is 1. The van der Waals surface area contributed by atoms with E-state index in [0.29, 0.717) is 11.7 Å². The number of thiazole rings is 1. The summed E-state index contributed by atoms with van der Waals surface area (Å²) in [4.78, 5) is 14.9. The zero-order valence-electron chi connectivity index (χ0n) is 10.8. The summed E-state index contributed by atoms with van der Waals surface area (Å²) in [6.07, 6.45) is 3.67. The van der Waals surface area contributed by atoms with Crippen molar-refractivity contribution in [2.24, 2.45) is 11.8 Å². The third-order valence-electron chi connectivity index (χ3n) is 3.39. The van der Waals surface area contributed by atoms with Gasteiger partial charge in [-0.25, -0.2) is 4.98 Å². The molecule has 1 aliphatic rings. The molecule has 0 aromatic carbocycles. The number of nitrogens with one attached hydrogen (secondary N) is 1. The third-order valence-corrected chi connectivity index (χ3v) is 4.21. The molecule has 1 aromatic rings. The van der Waals surface area contributed by atoms with Crippen molar-refractivity contribution in [3.05, 3.63) is 11.1 Å². The van der Waals surface area contributed by atoms with Crippen LogP contribution in [0.15, 0.2) is 5.38 Å². The molecule has 5 heteroatoms. The highest BCUT2D eigenvalue weighted by atomic mass is 32.1. The topological polar surface area (TPSA) is 62.2 Å². The van der Waals surface area contributed by atoms with Crippen LogP contribution in [0.2, 0.25) is 0 Å². The maximum atomic E-state index is 10.6. The summed E-state index contributed by atoms with van der Waals surface area (Å²) in [5, 5.41) is 14.8. The molecule has 2 rings (SSSR count). The number of aliphatic carboxylic acids is 1. The van der Waals surface area contributed by atoms with Gasteiger partial charge in [-0.2, -0.15) is 0 Å². The maximum absolute atomic E-state index is 10.6. The van der Waals surface area contributed by atoms with E-state index in [9.17, 15) is 4.79 Å². The lowest BCUT2D eigenvalue weighted by molar-refractivity contribution is -0.136. The molecule has 1 heterocycles. The van der Waals surface area contributed by atoms with Crippen LogP contribution in [0.1, 0.15) is 38.8 Å². The molecule has 0 spiro atoms. The molecular formula is C13H20N2O2S. The van der Waals surface area contributed by atoms with Gasteiger partial charge in [0.05, 0.1) is 12.1 Å². The number of hydrogen-bond acceptors (Lipinski definition) is 4. The summed E-state index contributed by atoms with van der Waals surface area (Å²) in [7, 11) is 0. The molecule has 2 unspecified atom stereocenters. The fraction of sp³-hybridized carbons (Fsp3) is 0.692. The minimum Gasteiger partial charge on any atom is -0.481 e. The van der Waals surface area contributed by atoms with Crippen molar-refractivity contribution in [3.8, 4) is 0 Å². The second-order valence-electron chi connectivity index (χ2n) is 5.47. The molecule has 100 valence electrons. The summed E-state index contributed by atoms with van der Waals surface area (Å²) >= 11 is 1.50. The lowest BCUT2D eigenvalue weighted by atomic mass is 9.80. The van der Waals surface area contributed by atoms with Crippen molar-refractivity contribution in [1.82, 2.24) is 4.98 Å². The lowest BCUT2D eigenvalue weighted by Gasteiger charge is -2.31. The monoisotopic (exact) mass is 268 g/mol. The first-order valence-corrected chi connectivity index (χ1v) is 7.33. The summed E-state index contributed by atoms with van der Waals surface area (Å²) in [6.45, 7) is 4.59. The first-order valence-electron chi connectivity index (χ1n) is 6.45. The van der Waals surface area contributed by atoms with Crippen molar-refractivity contribution < 1.29 is 9.90 Å². The Kier molecular flexibility index (Phi) is 4.22. The van der Waals surface area contributed by atoms with Gasteiger partial charge >= 0.3 is 5.97 Å². The predicted molar refractivity (Wildman–Crippen MR) is 73.0 cm³/mol. The number of aromatic nitrogens is 1. The van der Waals surface area contributed by atoms with E-state index in [-0.39, 0.29) is 6.42 Å². The summed E-state index contributed by atoms with van der Waals surface area (Å²) < 4.78 is 0. The smallest absolute Gasteiger partial charge is 0.309 e. The van der Waals surface area contributed by atoms with Crippen LogP contribution in [0, 0.1) is 11.8 Å². The molecule has 0 saturated heterocycles. The number of anilines is 1. The van der Waals surface area contributed by atoms with E-state index in [2.05, 4.69) is 24.1 Å². The first kappa shape index (κ1) is 13.3. The Bertz CT molecular complexity index is 409. The molecule has 0 bridgehead atoms. The van der Waals surface area contributed by atoms with E-state index < -0.39 is 5.97 Å².